The molecule has 0 aliphatic carbocycles. The van der Waals surface area contributed by atoms with Crippen LogP contribution in [-0.2, 0) is 9.53 Å². The summed E-state index contributed by atoms with van der Waals surface area (Å²) in [7, 11) is 2.85. The van der Waals surface area contributed by atoms with Crippen molar-refractivity contribution in [3.63, 3.8) is 0 Å². The summed E-state index contributed by atoms with van der Waals surface area (Å²) >= 11 is 3.41. The number of ether oxygens (including phenoxy) is 2. The first-order chi connectivity index (χ1) is 11.4. The molecule has 1 aliphatic rings. The molecular weight excluding hydrogens is 376 g/mol. The first kappa shape index (κ1) is 18.1. The van der Waals surface area contributed by atoms with E-state index in [4.69, 9.17) is 9.47 Å². The summed E-state index contributed by atoms with van der Waals surface area (Å²) in [6, 6.07) is 4.42. The van der Waals surface area contributed by atoms with Crippen LogP contribution in [0, 0.1) is 0 Å². The van der Waals surface area contributed by atoms with Crippen molar-refractivity contribution in [3.8, 4) is 5.75 Å². The number of carbonyl (C=O) groups excluding carboxylic acids is 2. The first-order valence-electron chi connectivity index (χ1n) is 7.26. The van der Waals surface area contributed by atoms with E-state index in [2.05, 4.69) is 27.8 Å². The van der Waals surface area contributed by atoms with E-state index in [9.17, 15) is 9.59 Å². The van der Waals surface area contributed by atoms with Gasteiger partial charge in [0.15, 0.2) is 0 Å². The number of urea groups is 1. The van der Waals surface area contributed by atoms with Gasteiger partial charge < -0.3 is 14.8 Å². The average Bonchev–Trinajstić information content (AvgIpc) is 2.57. The molecule has 0 spiro atoms. The molecule has 0 radical (unpaired) electrons. The molecule has 1 heterocycles. The molecule has 2 rings (SSSR count). The second-order valence-electron chi connectivity index (χ2n) is 5.16. The van der Waals surface area contributed by atoms with E-state index >= 15 is 0 Å². The topological polar surface area (TPSA) is 67.9 Å². The summed E-state index contributed by atoms with van der Waals surface area (Å²) in [4.78, 5) is 26.3. The van der Waals surface area contributed by atoms with Crippen molar-refractivity contribution in [2.45, 2.75) is 13.0 Å². The third-order valence-electron chi connectivity index (χ3n) is 3.82. The third-order valence-corrected chi connectivity index (χ3v) is 4.31. The quantitative estimate of drug-likeness (QED) is 0.615. The lowest BCUT2D eigenvalue weighted by Crippen LogP contribution is -2.48. The highest BCUT2D eigenvalue weighted by atomic mass is 79.9. The molecule has 24 heavy (non-hydrogen) atoms. The Bertz CT molecular complexity index is 715. The lowest BCUT2D eigenvalue weighted by atomic mass is 9.94. The minimum absolute atomic E-state index is 0.292. The summed E-state index contributed by atoms with van der Waals surface area (Å²) in [5.74, 6) is 0.0588. The highest BCUT2D eigenvalue weighted by Gasteiger charge is 2.37. The lowest BCUT2D eigenvalue weighted by Gasteiger charge is -2.35. The van der Waals surface area contributed by atoms with Crippen LogP contribution in [0.1, 0.15) is 18.5 Å². The fraction of sp³-hybridized carbons (Fsp3) is 0.294. The number of carbonyl (C=O) groups is 2. The SMILES string of the molecule is C=CCN1C(=O)N[C@H](c2cc(Br)ccc2OC)C(C(=O)OC)=C1C. The van der Waals surface area contributed by atoms with Gasteiger partial charge in [0.2, 0.25) is 0 Å². The van der Waals surface area contributed by atoms with E-state index in [0.29, 0.717) is 29.1 Å². The van der Waals surface area contributed by atoms with Crippen LogP contribution in [0.5, 0.6) is 5.75 Å². The minimum atomic E-state index is -0.668. The molecule has 0 aromatic heterocycles. The number of methoxy groups -OCH3 is 2. The number of amides is 2. The molecule has 0 saturated carbocycles. The Morgan fingerprint density at radius 1 is 1.46 bits per heavy atom. The van der Waals surface area contributed by atoms with Crippen LogP contribution in [0.2, 0.25) is 0 Å². The lowest BCUT2D eigenvalue weighted by molar-refractivity contribution is -0.136. The normalized spacial score (nSPS) is 17.4. The Labute approximate surface area is 149 Å². The molecule has 1 atom stereocenters. The van der Waals surface area contributed by atoms with E-state index in [1.807, 2.05) is 12.1 Å². The summed E-state index contributed by atoms with van der Waals surface area (Å²) in [5.41, 5.74) is 1.55. The van der Waals surface area contributed by atoms with Crippen LogP contribution in [-0.4, -0.2) is 37.7 Å². The van der Waals surface area contributed by atoms with E-state index < -0.39 is 12.0 Å². The molecule has 0 bridgehead atoms. The fourth-order valence-electron chi connectivity index (χ4n) is 2.67. The van der Waals surface area contributed by atoms with Gasteiger partial charge in [-0.25, -0.2) is 9.59 Å². The Morgan fingerprint density at radius 2 is 2.17 bits per heavy atom. The highest BCUT2D eigenvalue weighted by Crippen LogP contribution is 2.37. The Balaban J connectivity index is 2.64. The second-order valence-corrected chi connectivity index (χ2v) is 6.07. The second kappa shape index (κ2) is 7.53. The molecule has 0 fully saturated rings. The molecule has 6 nitrogen and oxygen atoms in total. The summed E-state index contributed by atoms with van der Waals surface area (Å²) in [5, 5.41) is 2.84. The molecular formula is C17H19BrN2O4. The smallest absolute Gasteiger partial charge is 0.337 e. The molecule has 1 aromatic rings. The van der Waals surface area contributed by atoms with Gasteiger partial charge in [-0.2, -0.15) is 0 Å². The van der Waals surface area contributed by atoms with Gasteiger partial charge in [0.25, 0.3) is 0 Å². The minimum Gasteiger partial charge on any atom is -0.496 e. The predicted octanol–water partition coefficient (Wildman–Crippen LogP) is 3.16. The van der Waals surface area contributed by atoms with E-state index in [0.717, 1.165) is 4.47 Å². The Hall–Kier alpha value is -2.28. The molecule has 0 unspecified atom stereocenters. The number of allylic oxidation sites excluding steroid dienone is 1. The van der Waals surface area contributed by atoms with Gasteiger partial charge >= 0.3 is 12.0 Å². The Kier molecular flexibility index (Phi) is 5.66. The molecule has 1 aromatic carbocycles. The van der Waals surface area contributed by atoms with Crippen molar-refractivity contribution in [2.24, 2.45) is 0 Å². The highest BCUT2D eigenvalue weighted by molar-refractivity contribution is 9.10. The van der Waals surface area contributed by atoms with Crippen LogP contribution in [0.4, 0.5) is 4.79 Å². The first-order valence-corrected chi connectivity index (χ1v) is 8.05. The Morgan fingerprint density at radius 3 is 2.75 bits per heavy atom. The summed E-state index contributed by atoms with van der Waals surface area (Å²) in [6.45, 7) is 5.65. The predicted molar refractivity (Wildman–Crippen MR) is 93.6 cm³/mol. The number of rotatable bonds is 5. The van der Waals surface area contributed by atoms with Gasteiger partial charge in [0.1, 0.15) is 5.75 Å². The monoisotopic (exact) mass is 394 g/mol. The van der Waals surface area contributed by atoms with Gasteiger partial charge in [-0.05, 0) is 25.1 Å². The van der Waals surface area contributed by atoms with Crippen LogP contribution < -0.4 is 10.1 Å². The number of benzene rings is 1. The zero-order valence-corrected chi connectivity index (χ0v) is 15.3. The number of nitrogens with one attached hydrogen (secondary N) is 1. The number of nitrogens with zero attached hydrogens (tertiary/aromatic N) is 1. The van der Waals surface area contributed by atoms with Crippen molar-refractivity contribution in [3.05, 3.63) is 52.2 Å². The summed E-state index contributed by atoms with van der Waals surface area (Å²) < 4.78 is 11.1. The maximum Gasteiger partial charge on any atom is 0.337 e. The molecule has 0 saturated heterocycles. The van der Waals surface area contributed by atoms with Crippen molar-refractivity contribution in [1.29, 1.82) is 0 Å². The van der Waals surface area contributed by atoms with E-state index in [-0.39, 0.29) is 6.03 Å². The van der Waals surface area contributed by atoms with Gasteiger partial charge in [0, 0.05) is 22.3 Å². The van der Waals surface area contributed by atoms with E-state index in [1.165, 1.54) is 19.1 Å². The van der Waals surface area contributed by atoms with Crippen molar-refractivity contribution in [2.75, 3.05) is 20.8 Å². The zero-order valence-electron chi connectivity index (χ0n) is 13.8. The van der Waals surface area contributed by atoms with Crippen LogP contribution in [0.15, 0.2) is 46.6 Å². The van der Waals surface area contributed by atoms with Crippen molar-refractivity contribution < 1.29 is 19.1 Å². The zero-order chi connectivity index (χ0) is 17.9. The van der Waals surface area contributed by atoms with Gasteiger partial charge in [0.05, 0.1) is 25.8 Å². The van der Waals surface area contributed by atoms with Crippen molar-refractivity contribution >= 4 is 27.9 Å². The number of hydrogen-bond acceptors (Lipinski definition) is 4. The largest absolute Gasteiger partial charge is 0.496 e. The molecule has 1 aliphatic heterocycles. The molecule has 2 amide bonds. The van der Waals surface area contributed by atoms with E-state index in [1.54, 1.807) is 19.1 Å². The fourth-order valence-corrected chi connectivity index (χ4v) is 3.05. The van der Waals surface area contributed by atoms with Gasteiger partial charge in [-0.1, -0.05) is 22.0 Å². The van der Waals surface area contributed by atoms with Gasteiger partial charge in [-0.15, -0.1) is 6.58 Å². The molecule has 128 valence electrons. The average molecular weight is 395 g/mol. The van der Waals surface area contributed by atoms with Crippen molar-refractivity contribution in [1.82, 2.24) is 10.2 Å². The van der Waals surface area contributed by atoms with Crippen LogP contribution in [0.3, 0.4) is 0 Å². The van der Waals surface area contributed by atoms with Crippen LogP contribution >= 0.6 is 15.9 Å². The maximum atomic E-state index is 12.4. The van der Waals surface area contributed by atoms with Gasteiger partial charge in [-0.3, -0.25) is 4.90 Å². The molecule has 1 N–H and O–H groups in total. The number of hydrogen-bond donors (Lipinski definition) is 1. The third kappa shape index (κ3) is 3.31. The standard InChI is InChI=1S/C17H19BrN2O4/c1-5-8-20-10(2)14(16(21)24-4)15(19-17(20)22)12-9-11(18)6-7-13(12)23-3/h5-7,9,15H,1,8H2,2-4H3,(H,19,22)/t15-/m1/s1. The summed E-state index contributed by atoms with van der Waals surface area (Å²) in [6.07, 6.45) is 1.60. The maximum absolute atomic E-state index is 12.4. The number of halogens is 1. The number of esters is 1. The molecule has 7 heteroatoms. The van der Waals surface area contributed by atoms with Crippen LogP contribution in [0.25, 0.3) is 0 Å².